The highest BCUT2D eigenvalue weighted by Gasteiger charge is 2.16. The average Bonchev–Trinajstić information content (AvgIpc) is 2.55. The molecule has 4 nitrogen and oxygen atoms in total. The van der Waals surface area contributed by atoms with E-state index in [-0.39, 0.29) is 0 Å². The van der Waals surface area contributed by atoms with Gasteiger partial charge in [-0.3, -0.25) is 4.99 Å². The third kappa shape index (κ3) is 6.06. The largest absolute Gasteiger partial charge is 0.357 e. The van der Waals surface area contributed by atoms with Crippen LogP contribution in [0.25, 0.3) is 0 Å². The van der Waals surface area contributed by atoms with Crippen LogP contribution in [-0.2, 0) is 6.42 Å². The van der Waals surface area contributed by atoms with Crippen molar-refractivity contribution in [3.63, 3.8) is 0 Å². The molecular weight excluding hydrogens is 272 g/mol. The zero-order chi connectivity index (χ0) is 15.6. The smallest absolute Gasteiger partial charge is 0.191 e. The molecule has 1 fully saturated rings. The van der Waals surface area contributed by atoms with Gasteiger partial charge in [0.15, 0.2) is 5.96 Å². The number of guanidine groups is 1. The second-order valence-corrected chi connectivity index (χ2v) is 6.13. The molecule has 0 bridgehead atoms. The van der Waals surface area contributed by atoms with E-state index >= 15 is 0 Å². The summed E-state index contributed by atoms with van der Waals surface area (Å²) in [5.74, 6) is 1.69. The Morgan fingerprint density at radius 1 is 1.18 bits per heavy atom. The summed E-state index contributed by atoms with van der Waals surface area (Å²) >= 11 is 0. The SMILES string of the molecule is CCNC(=NCC1CCN(C)CC1)NCCc1ccccc1. The maximum absolute atomic E-state index is 4.77. The summed E-state index contributed by atoms with van der Waals surface area (Å²) in [4.78, 5) is 7.18. The minimum absolute atomic E-state index is 0.737. The first-order chi connectivity index (χ1) is 10.8. The van der Waals surface area contributed by atoms with Crippen LogP contribution in [-0.4, -0.2) is 50.6 Å². The van der Waals surface area contributed by atoms with Crippen LogP contribution in [0.1, 0.15) is 25.3 Å². The quantitative estimate of drug-likeness (QED) is 0.625. The van der Waals surface area contributed by atoms with Crippen molar-refractivity contribution >= 4 is 5.96 Å². The predicted molar refractivity (Wildman–Crippen MR) is 94.3 cm³/mol. The summed E-state index contributed by atoms with van der Waals surface area (Å²) in [6.45, 7) is 7.29. The molecule has 2 N–H and O–H groups in total. The first-order valence-corrected chi connectivity index (χ1v) is 8.52. The molecule has 0 saturated carbocycles. The lowest BCUT2D eigenvalue weighted by Gasteiger charge is -2.28. The molecule has 1 saturated heterocycles. The second-order valence-electron chi connectivity index (χ2n) is 6.13. The fourth-order valence-electron chi connectivity index (χ4n) is 2.78. The number of hydrogen-bond donors (Lipinski definition) is 2. The molecule has 0 unspecified atom stereocenters. The van der Waals surface area contributed by atoms with Crippen LogP contribution in [0.5, 0.6) is 0 Å². The first-order valence-electron chi connectivity index (χ1n) is 8.52. The van der Waals surface area contributed by atoms with Crippen molar-refractivity contribution in [3.8, 4) is 0 Å². The zero-order valence-electron chi connectivity index (χ0n) is 14.0. The Labute approximate surface area is 135 Å². The van der Waals surface area contributed by atoms with Gasteiger partial charge in [0, 0.05) is 19.6 Å². The molecule has 0 aromatic heterocycles. The van der Waals surface area contributed by atoms with Crippen molar-refractivity contribution in [2.45, 2.75) is 26.2 Å². The summed E-state index contributed by atoms with van der Waals surface area (Å²) in [7, 11) is 2.20. The third-order valence-corrected chi connectivity index (χ3v) is 4.24. The summed E-state index contributed by atoms with van der Waals surface area (Å²) < 4.78 is 0. The predicted octanol–water partition coefficient (Wildman–Crippen LogP) is 2.13. The molecule has 4 heteroatoms. The third-order valence-electron chi connectivity index (χ3n) is 4.24. The number of nitrogens with zero attached hydrogens (tertiary/aromatic N) is 2. The van der Waals surface area contributed by atoms with E-state index < -0.39 is 0 Å². The minimum atomic E-state index is 0.737. The number of piperidine rings is 1. The van der Waals surface area contributed by atoms with Crippen molar-refractivity contribution in [3.05, 3.63) is 35.9 Å². The minimum Gasteiger partial charge on any atom is -0.357 e. The normalized spacial score (nSPS) is 17.5. The molecule has 122 valence electrons. The molecule has 0 radical (unpaired) electrons. The maximum atomic E-state index is 4.77. The molecule has 1 aromatic carbocycles. The topological polar surface area (TPSA) is 39.7 Å². The molecule has 1 aliphatic heterocycles. The van der Waals surface area contributed by atoms with Crippen LogP contribution in [0.2, 0.25) is 0 Å². The Morgan fingerprint density at radius 3 is 2.59 bits per heavy atom. The van der Waals surface area contributed by atoms with Gasteiger partial charge in [-0.25, -0.2) is 0 Å². The van der Waals surface area contributed by atoms with E-state index in [0.717, 1.165) is 37.9 Å². The maximum Gasteiger partial charge on any atom is 0.191 e. The lowest BCUT2D eigenvalue weighted by Crippen LogP contribution is -2.39. The van der Waals surface area contributed by atoms with Gasteiger partial charge in [-0.05, 0) is 57.8 Å². The van der Waals surface area contributed by atoms with Crippen molar-refractivity contribution in [1.29, 1.82) is 0 Å². The standard InChI is InChI=1S/C18H30N4/c1-3-19-18(20-12-9-16-7-5-4-6-8-16)21-15-17-10-13-22(2)14-11-17/h4-8,17H,3,9-15H2,1-2H3,(H2,19,20,21). The highest BCUT2D eigenvalue weighted by molar-refractivity contribution is 5.79. The van der Waals surface area contributed by atoms with Gasteiger partial charge in [0.05, 0.1) is 0 Å². The molecule has 0 amide bonds. The number of hydrogen-bond acceptors (Lipinski definition) is 2. The monoisotopic (exact) mass is 302 g/mol. The first kappa shape index (κ1) is 16.8. The van der Waals surface area contributed by atoms with Gasteiger partial charge in [-0.2, -0.15) is 0 Å². The molecule has 0 atom stereocenters. The van der Waals surface area contributed by atoms with Crippen LogP contribution in [0.15, 0.2) is 35.3 Å². The molecule has 0 spiro atoms. The lowest BCUT2D eigenvalue weighted by molar-refractivity contribution is 0.223. The van der Waals surface area contributed by atoms with Crippen LogP contribution < -0.4 is 10.6 Å². The van der Waals surface area contributed by atoms with Crippen molar-refractivity contribution in [2.24, 2.45) is 10.9 Å². The van der Waals surface area contributed by atoms with Gasteiger partial charge in [0.2, 0.25) is 0 Å². The average molecular weight is 302 g/mol. The van der Waals surface area contributed by atoms with Crippen LogP contribution in [0.3, 0.4) is 0 Å². The molecule has 1 heterocycles. The van der Waals surface area contributed by atoms with E-state index in [4.69, 9.17) is 4.99 Å². The molecular formula is C18H30N4. The number of likely N-dealkylation sites (tertiary alicyclic amines) is 1. The van der Waals surface area contributed by atoms with Gasteiger partial charge in [0.25, 0.3) is 0 Å². The lowest BCUT2D eigenvalue weighted by atomic mass is 9.97. The van der Waals surface area contributed by atoms with Crippen LogP contribution in [0, 0.1) is 5.92 Å². The fourth-order valence-corrected chi connectivity index (χ4v) is 2.78. The Morgan fingerprint density at radius 2 is 1.91 bits per heavy atom. The summed E-state index contributed by atoms with van der Waals surface area (Å²) in [6.07, 6.45) is 3.56. The van der Waals surface area contributed by atoms with E-state index in [1.807, 2.05) is 0 Å². The van der Waals surface area contributed by atoms with E-state index in [9.17, 15) is 0 Å². The van der Waals surface area contributed by atoms with Gasteiger partial charge >= 0.3 is 0 Å². The number of nitrogens with one attached hydrogen (secondary N) is 2. The van der Waals surface area contributed by atoms with Crippen molar-refractivity contribution < 1.29 is 0 Å². The number of rotatable bonds is 6. The van der Waals surface area contributed by atoms with Gasteiger partial charge in [-0.1, -0.05) is 30.3 Å². The van der Waals surface area contributed by atoms with E-state index in [1.54, 1.807) is 0 Å². The Hall–Kier alpha value is -1.55. The molecule has 0 aliphatic carbocycles. The molecule has 22 heavy (non-hydrogen) atoms. The van der Waals surface area contributed by atoms with Crippen molar-refractivity contribution in [1.82, 2.24) is 15.5 Å². The summed E-state index contributed by atoms with van der Waals surface area (Å²) in [5.41, 5.74) is 1.36. The van der Waals surface area contributed by atoms with Crippen molar-refractivity contribution in [2.75, 3.05) is 39.8 Å². The highest BCUT2D eigenvalue weighted by atomic mass is 15.2. The summed E-state index contributed by atoms with van der Waals surface area (Å²) in [6, 6.07) is 10.6. The van der Waals surface area contributed by atoms with E-state index in [0.29, 0.717) is 0 Å². The number of benzene rings is 1. The van der Waals surface area contributed by atoms with Gasteiger partial charge < -0.3 is 15.5 Å². The Bertz CT molecular complexity index is 436. The molecule has 1 aromatic rings. The second kappa shape index (κ2) is 9.46. The molecule has 1 aliphatic rings. The highest BCUT2D eigenvalue weighted by Crippen LogP contribution is 2.15. The fraction of sp³-hybridized carbons (Fsp3) is 0.611. The summed E-state index contributed by atoms with van der Waals surface area (Å²) in [5, 5.41) is 6.79. The van der Waals surface area contributed by atoms with E-state index in [1.165, 1.54) is 31.5 Å². The number of aliphatic imine (C=N–C) groups is 1. The van der Waals surface area contributed by atoms with Crippen LogP contribution >= 0.6 is 0 Å². The Kier molecular flexibility index (Phi) is 7.23. The van der Waals surface area contributed by atoms with Gasteiger partial charge in [-0.15, -0.1) is 0 Å². The van der Waals surface area contributed by atoms with Gasteiger partial charge in [0.1, 0.15) is 0 Å². The van der Waals surface area contributed by atoms with E-state index in [2.05, 4.69) is 59.8 Å². The zero-order valence-corrected chi connectivity index (χ0v) is 14.0. The molecule has 2 rings (SSSR count). The van der Waals surface area contributed by atoms with Crippen LogP contribution in [0.4, 0.5) is 0 Å². The Balaban J connectivity index is 1.74.